The number of nitrogens with zero attached hydrogens (tertiary/aromatic N) is 2. The van der Waals surface area contributed by atoms with Crippen LogP contribution in [0.3, 0.4) is 0 Å². The first-order valence-corrected chi connectivity index (χ1v) is 7.63. The molecule has 21 heavy (non-hydrogen) atoms. The van der Waals surface area contributed by atoms with Crippen LogP contribution >= 0.6 is 0 Å². The summed E-state index contributed by atoms with van der Waals surface area (Å²) in [6, 6.07) is 11.9. The molecule has 1 N–H and O–H groups in total. The number of rotatable bonds is 7. The zero-order valence-corrected chi connectivity index (χ0v) is 12.8. The van der Waals surface area contributed by atoms with Crippen LogP contribution in [0.15, 0.2) is 41.2 Å². The number of hydrogen-bond acceptors (Lipinski definition) is 3. The Kier molecular flexibility index (Phi) is 5.69. The Bertz CT molecular complexity index is 620. The Balaban J connectivity index is 2.39. The maximum Gasteiger partial charge on any atom is 0.271 e. The van der Waals surface area contributed by atoms with E-state index in [1.54, 1.807) is 4.68 Å². The number of nitrogens with one attached hydrogen (secondary N) is 1. The standard InChI is InChI=1S/C17H23N3O/c1-3-10-18-13-15-12-16(14-8-6-5-7-9-14)19-20(11-4-2)17(15)21/h5-9,12,18H,3-4,10-11,13H2,1-2H3. The Labute approximate surface area is 125 Å². The quantitative estimate of drug-likeness (QED) is 0.796. The second-order valence-corrected chi connectivity index (χ2v) is 5.13. The maximum atomic E-state index is 12.4. The summed E-state index contributed by atoms with van der Waals surface area (Å²) in [6.07, 6.45) is 1.95. The molecule has 0 saturated carbocycles. The number of aryl methyl sites for hydroxylation is 1. The lowest BCUT2D eigenvalue weighted by Gasteiger charge is -2.10. The molecule has 0 aliphatic carbocycles. The van der Waals surface area contributed by atoms with Gasteiger partial charge in [0.25, 0.3) is 5.56 Å². The molecule has 0 bridgehead atoms. The summed E-state index contributed by atoms with van der Waals surface area (Å²) in [6.45, 7) is 6.33. The maximum absolute atomic E-state index is 12.4. The van der Waals surface area contributed by atoms with E-state index in [0.717, 1.165) is 36.2 Å². The van der Waals surface area contributed by atoms with Crippen LogP contribution in [0.2, 0.25) is 0 Å². The molecule has 0 atom stereocenters. The summed E-state index contributed by atoms with van der Waals surface area (Å²) in [5.74, 6) is 0. The minimum absolute atomic E-state index is 0.0140. The van der Waals surface area contributed by atoms with Gasteiger partial charge in [-0.25, -0.2) is 4.68 Å². The molecule has 0 saturated heterocycles. The molecule has 2 aromatic rings. The zero-order valence-electron chi connectivity index (χ0n) is 12.8. The summed E-state index contributed by atoms with van der Waals surface area (Å²) in [5.41, 5.74) is 2.70. The van der Waals surface area contributed by atoms with Crippen LogP contribution in [-0.2, 0) is 13.1 Å². The second kappa shape index (κ2) is 7.74. The third-order valence-electron chi connectivity index (χ3n) is 3.30. The molecular formula is C17H23N3O. The highest BCUT2D eigenvalue weighted by Gasteiger charge is 2.09. The predicted octanol–water partition coefficient (Wildman–Crippen LogP) is 2.82. The lowest BCUT2D eigenvalue weighted by Crippen LogP contribution is -2.29. The van der Waals surface area contributed by atoms with Crippen molar-refractivity contribution < 1.29 is 0 Å². The summed E-state index contributed by atoms with van der Waals surface area (Å²) >= 11 is 0. The molecule has 0 fully saturated rings. The van der Waals surface area contributed by atoms with Gasteiger partial charge in [0.2, 0.25) is 0 Å². The van der Waals surface area contributed by atoms with E-state index >= 15 is 0 Å². The Morgan fingerprint density at radius 3 is 2.57 bits per heavy atom. The third-order valence-corrected chi connectivity index (χ3v) is 3.30. The van der Waals surface area contributed by atoms with Crippen molar-refractivity contribution in [2.24, 2.45) is 0 Å². The van der Waals surface area contributed by atoms with Crippen molar-refractivity contribution in [2.75, 3.05) is 6.54 Å². The fourth-order valence-corrected chi connectivity index (χ4v) is 2.24. The zero-order chi connectivity index (χ0) is 15.1. The van der Waals surface area contributed by atoms with Gasteiger partial charge in [0.1, 0.15) is 0 Å². The number of hydrogen-bond donors (Lipinski definition) is 1. The van der Waals surface area contributed by atoms with Crippen LogP contribution < -0.4 is 10.9 Å². The monoisotopic (exact) mass is 285 g/mol. The van der Waals surface area contributed by atoms with Crippen molar-refractivity contribution in [1.29, 1.82) is 0 Å². The molecular weight excluding hydrogens is 262 g/mol. The van der Waals surface area contributed by atoms with E-state index in [-0.39, 0.29) is 5.56 Å². The van der Waals surface area contributed by atoms with Crippen LogP contribution in [-0.4, -0.2) is 16.3 Å². The molecule has 0 aliphatic rings. The lowest BCUT2D eigenvalue weighted by molar-refractivity contribution is 0.557. The highest BCUT2D eigenvalue weighted by atomic mass is 16.1. The Morgan fingerprint density at radius 2 is 1.90 bits per heavy atom. The van der Waals surface area contributed by atoms with E-state index in [4.69, 9.17) is 0 Å². The summed E-state index contributed by atoms with van der Waals surface area (Å²) in [5, 5.41) is 7.80. The van der Waals surface area contributed by atoms with Gasteiger partial charge >= 0.3 is 0 Å². The third kappa shape index (κ3) is 4.02. The molecule has 112 valence electrons. The van der Waals surface area contributed by atoms with E-state index in [9.17, 15) is 4.79 Å². The number of aromatic nitrogens is 2. The first-order chi connectivity index (χ1) is 10.3. The summed E-state index contributed by atoms with van der Waals surface area (Å²) in [4.78, 5) is 12.4. The Hall–Kier alpha value is -1.94. The minimum atomic E-state index is 0.0140. The molecule has 1 heterocycles. The summed E-state index contributed by atoms with van der Waals surface area (Å²) in [7, 11) is 0. The van der Waals surface area contributed by atoms with Crippen molar-refractivity contribution in [2.45, 2.75) is 39.8 Å². The molecule has 0 amide bonds. The van der Waals surface area contributed by atoms with E-state index in [2.05, 4.69) is 24.3 Å². The van der Waals surface area contributed by atoms with Gasteiger partial charge in [-0.2, -0.15) is 5.10 Å². The van der Waals surface area contributed by atoms with Gasteiger partial charge < -0.3 is 5.32 Å². The fraction of sp³-hybridized carbons (Fsp3) is 0.412. The Morgan fingerprint density at radius 1 is 1.14 bits per heavy atom. The molecule has 1 aromatic heterocycles. The van der Waals surface area contributed by atoms with Crippen molar-refractivity contribution in [3.05, 3.63) is 52.3 Å². The van der Waals surface area contributed by atoms with E-state index < -0.39 is 0 Å². The van der Waals surface area contributed by atoms with Gasteiger partial charge in [0.15, 0.2) is 0 Å². The minimum Gasteiger partial charge on any atom is -0.312 e. The SMILES string of the molecule is CCCNCc1cc(-c2ccccc2)nn(CCC)c1=O. The first kappa shape index (κ1) is 15.4. The van der Waals surface area contributed by atoms with E-state index in [1.807, 2.05) is 36.4 Å². The predicted molar refractivity (Wildman–Crippen MR) is 86.2 cm³/mol. The van der Waals surface area contributed by atoms with Gasteiger partial charge in [-0.05, 0) is 25.5 Å². The van der Waals surface area contributed by atoms with Crippen molar-refractivity contribution in [3.8, 4) is 11.3 Å². The summed E-state index contributed by atoms with van der Waals surface area (Å²) < 4.78 is 1.59. The molecule has 0 unspecified atom stereocenters. The van der Waals surface area contributed by atoms with Gasteiger partial charge in [-0.3, -0.25) is 4.79 Å². The normalized spacial score (nSPS) is 10.8. The molecule has 0 aliphatic heterocycles. The van der Waals surface area contributed by atoms with Crippen molar-refractivity contribution >= 4 is 0 Å². The topological polar surface area (TPSA) is 46.9 Å². The largest absolute Gasteiger partial charge is 0.312 e. The molecule has 4 nitrogen and oxygen atoms in total. The van der Waals surface area contributed by atoms with Gasteiger partial charge in [-0.15, -0.1) is 0 Å². The molecule has 0 radical (unpaired) electrons. The molecule has 0 spiro atoms. The van der Waals surface area contributed by atoms with Crippen LogP contribution in [0.1, 0.15) is 32.3 Å². The van der Waals surface area contributed by atoms with Crippen LogP contribution in [0.4, 0.5) is 0 Å². The highest BCUT2D eigenvalue weighted by Crippen LogP contribution is 2.15. The highest BCUT2D eigenvalue weighted by molar-refractivity contribution is 5.58. The molecule has 4 heteroatoms. The molecule has 2 rings (SSSR count). The van der Waals surface area contributed by atoms with Crippen molar-refractivity contribution in [1.82, 2.24) is 15.1 Å². The van der Waals surface area contributed by atoms with Gasteiger partial charge in [-0.1, -0.05) is 44.2 Å². The van der Waals surface area contributed by atoms with Gasteiger partial charge in [0, 0.05) is 24.2 Å². The van der Waals surface area contributed by atoms with Crippen LogP contribution in [0, 0.1) is 0 Å². The van der Waals surface area contributed by atoms with Gasteiger partial charge in [0.05, 0.1) is 5.69 Å². The lowest BCUT2D eigenvalue weighted by atomic mass is 10.1. The smallest absolute Gasteiger partial charge is 0.271 e. The fourth-order valence-electron chi connectivity index (χ4n) is 2.24. The second-order valence-electron chi connectivity index (χ2n) is 5.13. The number of benzene rings is 1. The molecule has 1 aromatic carbocycles. The first-order valence-electron chi connectivity index (χ1n) is 7.63. The van der Waals surface area contributed by atoms with Crippen LogP contribution in [0.5, 0.6) is 0 Å². The van der Waals surface area contributed by atoms with Crippen molar-refractivity contribution in [3.63, 3.8) is 0 Å². The van der Waals surface area contributed by atoms with Crippen LogP contribution in [0.25, 0.3) is 11.3 Å². The average Bonchev–Trinajstić information content (AvgIpc) is 2.52. The average molecular weight is 285 g/mol. The van der Waals surface area contributed by atoms with E-state index in [0.29, 0.717) is 13.1 Å². The van der Waals surface area contributed by atoms with E-state index in [1.165, 1.54) is 0 Å².